The second-order valence-electron chi connectivity index (χ2n) is 3.08. The Morgan fingerprint density at radius 1 is 1.57 bits per heavy atom. The Hall–Kier alpha value is -1.62. The third kappa shape index (κ3) is 2.00. The number of rotatable bonds is 3. The van der Waals surface area contributed by atoms with Crippen LogP contribution in [-0.2, 0) is 0 Å². The summed E-state index contributed by atoms with van der Waals surface area (Å²) < 4.78 is 0. The molecule has 1 aromatic rings. The van der Waals surface area contributed by atoms with Crippen LogP contribution in [-0.4, -0.2) is 21.7 Å². The van der Waals surface area contributed by atoms with Crippen molar-refractivity contribution in [1.29, 1.82) is 0 Å². The zero-order chi connectivity index (χ0) is 10.7. The SMILES string of the molecule is CC(CO)c1cc([N+](=O)[O-])ccc1O. The summed E-state index contributed by atoms with van der Waals surface area (Å²) in [6, 6.07) is 3.76. The van der Waals surface area contributed by atoms with Gasteiger partial charge in [-0.2, -0.15) is 0 Å². The molecular weight excluding hydrogens is 186 g/mol. The fourth-order valence-corrected chi connectivity index (χ4v) is 1.15. The number of benzene rings is 1. The number of phenols is 1. The van der Waals surface area contributed by atoms with E-state index in [1.807, 2.05) is 0 Å². The van der Waals surface area contributed by atoms with Gasteiger partial charge in [-0.3, -0.25) is 10.1 Å². The lowest BCUT2D eigenvalue weighted by atomic mass is 10.0. The monoisotopic (exact) mass is 197 g/mol. The lowest BCUT2D eigenvalue weighted by Gasteiger charge is -2.09. The number of nitro benzene ring substituents is 1. The number of nitrogens with zero attached hydrogens (tertiary/aromatic N) is 1. The molecule has 0 aliphatic rings. The van der Waals surface area contributed by atoms with E-state index in [1.165, 1.54) is 18.2 Å². The van der Waals surface area contributed by atoms with Gasteiger partial charge in [0, 0.05) is 30.2 Å². The first-order valence-corrected chi connectivity index (χ1v) is 4.14. The normalized spacial score (nSPS) is 12.4. The minimum absolute atomic E-state index is 0.0304. The molecule has 0 saturated carbocycles. The smallest absolute Gasteiger partial charge is 0.269 e. The molecule has 14 heavy (non-hydrogen) atoms. The summed E-state index contributed by atoms with van der Waals surface area (Å²) in [6.45, 7) is 1.52. The van der Waals surface area contributed by atoms with Crippen molar-refractivity contribution in [2.24, 2.45) is 0 Å². The summed E-state index contributed by atoms with van der Waals surface area (Å²) in [7, 11) is 0. The van der Waals surface area contributed by atoms with Gasteiger partial charge in [-0.1, -0.05) is 6.92 Å². The number of aliphatic hydroxyl groups excluding tert-OH is 1. The maximum absolute atomic E-state index is 10.4. The standard InChI is InChI=1S/C9H11NO4/c1-6(5-11)8-4-7(10(13)14)2-3-9(8)12/h2-4,6,11-12H,5H2,1H3. The number of hydrogen-bond acceptors (Lipinski definition) is 4. The van der Waals surface area contributed by atoms with Gasteiger partial charge in [-0.15, -0.1) is 0 Å². The van der Waals surface area contributed by atoms with Gasteiger partial charge in [-0.05, 0) is 6.07 Å². The number of non-ortho nitro benzene ring substituents is 1. The average Bonchev–Trinajstić information content (AvgIpc) is 2.17. The van der Waals surface area contributed by atoms with Crippen molar-refractivity contribution in [2.45, 2.75) is 12.8 Å². The quantitative estimate of drug-likeness (QED) is 0.566. The van der Waals surface area contributed by atoms with E-state index in [9.17, 15) is 15.2 Å². The summed E-state index contributed by atoms with van der Waals surface area (Å²) in [5, 5.41) is 28.7. The number of aliphatic hydroxyl groups is 1. The molecule has 0 aromatic heterocycles. The molecule has 0 aliphatic carbocycles. The molecule has 1 aromatic carbocycles. The van der Waals surface area contributed by atoms with Crippen LogP contribution in [0.25, 0.3) is 0 Å². The van der Waals surface area contributed by atoms with Gasteiger partial charge in [0.25, 0.3) is 5.69 Å². The van der Waals surface area contributed by atoms with E-state index in [0.29, 0.717) is 5.56 Å². The van der Waals surface area contributed by atoms with Gasteiger partial charge < -0.3 is 10.2 Å². The topological polar surface area (TPSA) is 83.6 Å². The van der Waals surface area contributed by atoms with E-state index in [1.54, 1.807) is 6.92 Å². The lowest BCUT2D eigenvalue weighted by Crippen LogP contribution is -2.00. The van der Waals surface area contributed by atoms with Gasteiger partial charge >= 0.3 is 0 Å². The Morgan fingerprint density at radius 3 is 2.71 bits per heavy atom. The van der Waals surface area contributed by atoms with Crippen LogP contribution < -0.4 is 0 Å². The van der Waals surface area contributed by atoms with Crippen molar-refractivity contribution in [3.05, 3.63) is 33.9 Å². The van der Waals surface area contributed by atoms with Gasteiger partial charge in [0.2, 0.25) is 0 Å². The first-order chi connectivity index (χ1) is 6.56. The maximum atomic E-state index is 10.4. The molecular formula is C9H11NO4. The summed E-state index contributed by atoms with van der Waals surface area (Å²) in [5.74, 6) is -0.341. The van der Waals surface area contributed by atoms with E-state index in [4.69, 9.17) is 5.11 Å². The van der Waals surface area contributed by atoms with E-state index < -0.39 is 4.92 Å². The van der Waals surface area contributed by atoms with Gasteiger partial charge in [0.15, 0.2) is 0 Å². The molecule has 0 spiro atoms. The highest BCUT2D eigenvalue weighted by Crippen LogP contribution is 2.28. The fourth-order valence-electron chi connectivity index (χ4n) is 1.15. The molecule has 1 unspecified atom stereocenters. The third-order valence-electron chi connectivity index (χ3n) is 2.03. The zero-order valence-corrected chi connectivity index (χ0v) is 7.67. The van der Waals surface area contributed by atoms with Crippen LogP contribution in [0.15, 0.2) is 18.2 Å². The van der Waals surface area contributed by atoms with Crippen LogP contribution in [0.4, 0.5) is 5.69 Å². The molecule has 0 fully saturated rings. The van der Waals surface area contributed by atoms with Gasteiger partial charge in [0.1, 0.15) is 5.75 Å². The van der Waals surface area contributed by atoms with Crippen LogP contribution in [0.3, 0.4) is 0 Å². The lowest BCUT2D eigenvalue weighted by molar-refractivity contribution is -0.385. The number of phenolic OH excluding ortho intramolecular Hbond substituents is 1. The summed E-state index contributed by atoms with van der Waals surface area (Å²) in [4.78, 5) is 9.90. The molecule has 5 heteroatoms. The molecule has 2 N–H and O–H groups in total. The third-order valence-corrected chi connectivity index (χ3v) is 2.03. The van der Waals surface area contributed by atoms with Crippen molar-refractivity contribution < 1.29 is 15.1 Å². The Bertz CT molecular complexity index is 351. The fraction of sp³-hybridized carbons (Fsp3) is 0.333. The molecule has 0 amide bonds. The maximum Gasteiger partial charge on any atom is 0.269 e. The van der Waals surface area contributed by atoms with Crippen LogP contribution in [0, 0.1) is 10.1 Å². The molecule has 0 bridgehead atoms. The first-order valence-electron chi connectivity index (χ1n) is 4.14. The van der Waals surface area contributed by atoms with E-state index >= 15 is 0 Å². The highest BCUT2D eigenvalue weighted by Gasteiger charge is 2.14. The van der Waals surface area contributed by atoms with Crippen LogP contribution >= 0.6 is 0 Å². The summed E-state index contributed by atoms with van der Waals surface area (Å²) in [5.41, 5.74) is 0.305. The molecule has 1 rings (SSSR count). The molecule has 1 atom stereocenters. The number of aromatic hydroxyl groups is 1. The minimum Gasteiger partial charge on any atom is -0.508 e. The van der Waals surface area contributed by atoms with Crippen molar-refractivity contribution in [3.63, 3.8) is 0 Å². The van der Waals surface area contributed by atoms with Crippen molar-refractivity contribution in [3.8, 4) is 5.75 Å². The van der Waals surface area contributed by atoms with E-state index in [2.05, 4.69) is 0 Å². The predicted molar refractivity (Wildman–Crippen MR) is 50.3 cm³/mol. The van der Waals surface area contributed by atoms with Crippen LogP contribution in [0.2, 0.25) is 0 Å². The summed E-state index contributed by atoms with van der Waals surface area (Å²) >= 11 is 0. The highest BCUT2D eigenvalue weighted by molar-refractivity contribution is 5.44. The number of hydrogen-bond donors (Lipinski definition) is 2. The highest BCUT2D eigenvalue weighted by atomic mass is 16.6. The Kier molecular flexibility index (Phi) is 3.03. The largest absolute Gasteiger partial charge is 0.508 e. The zero-order valence-electron chi connectivity index (χ0n) is 7.67. The van der Waals surface area contributed by atoms with Crippen LogP contribution in [0.1, 0.15) is 18.4 Å². The first kappa shape index (κ1) is 10.5. The van der Waals surface area contributed by atoms with Gasteiger partial charge in [-0.25, -0.2) is 0 Å². The second-order valence-corrected chi connectivity index (χ2v) is 3.08. The molecule has 76 valence electrons. The second kappa shape index (κ2) is 4.06. The van der Waals surface area contributed by atoms with E-state index in [-0.39, 0.29) is 24.0 Å². The minimum atomic E-state index is -0.535. The molecule has 0 heterocycles. The van der Waals surface area contributed by atoms with Crippen molar-refractivity contribution in [1.82, 2.24) is 0 Å². The van der Waals surface area contributed by atoms with E-state index in [0.717, 1.165) is 0 Å². The van der Waals surface area contributed by atoms with Gasteiger partial charge in [0.05, 0.1) is 4.92 Å². The Balaban J connectivity index is 3.14. The predicted octanol–water partition coefficient (Wildman–Crippen LogP) is 1.40. The Labute approximate surface area is 80.8 Å². The van der Waals surface area contributed by atoms with Crippen LogP contribution in [0.5, 0.6) is 5.75 Å². The molecule has 0 radical (unpaired) electrons. The molecule has 5 nitrogen and oxygen atoms in total. The summed E-state index contributed by atoms with van der Waals surface area (Å²) in [6.07, 6.45) is 0. The van der Waals surface area contributed by atoms with Crippen molar-refractivity contribution in [2.75, 3.05) is 6.61 Å². The number of nitro groups is 1. The molecule has 0 aliphatic heterocycles. The molecule has 0 saturated heterocycles. The average molecular weight is 197 g/mol. The Morgan fingerprint density at radius 2 is 2.21 bits per heavy atom. The van der Waals surface area contributed by atoms with Crippen molar-refractivity contribution >= 4 is 5.69 Å².